The van der Waals surface area contributed by atoms with Crippen molar-refractivity contribution in [3.63, 3.8) is 0 Å². The molecule has 3 aromatic heterocycles. The number of carbonyl (C=O) groups excluding carboxylic acids is 2. The number of fused-ring (bicyclic) bond motifs is 1. The standard InChI is InChI=1S/C26H28N4O5/c1-14(2)30-25-20(12-27-30)19(11-21(29-25)18-10-16(4)35-17(18)5)26(32)34-13-24(31)28-22-9-15(3)7-8-23(22)33-6/h7-12,14H,13H2,1-6H3,(H,28,31). The van der Waals surface area contributed by atoms with Crippen molar-refractivity contribution in [1.29, 1.82) is 0 Å². The van der Waals surface area contributed by atoms with E-state index in [0.29, 0.717) is 33.9 Å². The average Bonchev–Trinajstić information content (AvgIpc) is 3.39. The van der Waals surface area contributed by atoms with Crippen molar-refractivity contribution >= 4 is 28.6 Å². The van der Waals surface area contributed by atoms with E-state index in [1.54, 1.807) is 29.1 Å². The lowest BCUT2D eigenvalue weighted by molar-refractivity contribution is -0.119. The molecule has 182 valence electrons. The molecule has 9 heteroatoms. The number of esters is 1. The molecule has 4 aromatic rings. The molecule has 1 amide bonds. The highest BCUT2D eigenvalue weighted by Gasteiger charge is 2.22. The van der Waals surface area contributed by atoms with Crippen molar-refractivity contribution < 1.29 is 23.5 Å². The van der Waals surface area contributed by atoms with Crippen molar-refractivity contribution in [3.05, 3.63) is 59.2 Å². The number of hydrogen-bond donors (Lipinski definition) is 1. The first-order valence-corrected chi connectivity index (χ1v) is 11.2. The van der Waals surface area contributed by atoms with E-state index in [-0.39, 0.29) is 11.6 Å². The molecule has 0 saturated heterocycles. The van der Waals surface area contributed by atoms with Gasteiger partial charge < -0.3 is 19.2 Å². The lowest BCUT2D eigenvalue weighted by atomic mass is 10.1. The van der Waals surface area contributed by atoms with Crippen LogP contribution in [0.2, 0.25) is 0 Å². The molecule has 1 aromatic carbocycles. The van der Waals surface area contributed by atoms with Gasteiger partial charge in [0.1, 0.15) is 17.3 Å². The molecule has 0 atom stereocenters. The largest absolute Gasteiger partial charge is 0.495 e. The molecule has 35 heavy (non-hydrogen) atoms. The van der Waals surface area contributed by atoms with Crippen LogP contribution in [0.25, 0.3) is 22.3 Å². The average molecular weight is 477 g/mol. The summed E-state index contributed by atoms with van der Waals surface area (Å²) in [5.74, 6) is 0.820. The summed E-state index contributed by atoms with van der Waals surface area (Å²) in [5, 5.41) is 7.69. The van der Waals surface area contributed by atoms with Crippen molar-refractivity contribution in [2.45, 2.75) is 40.7 Å². The first-order valence-electron chi connectivity index (χ1n) is 11.2. The highest BCUT2D eigenvalue weighted by atomic mass is 16.5. The SMILES string of the molecule is COc1ccc(C)cc1NC(=O)COC(=O)c1cc(-c2cc(C)oc2C)nc2c1cnn2C(C)C. The van der Waals surface area contributed by atoms with E-state index in [9.17, 15) is 9.59 Å². The van der Waals surface area contributed by atoms with E-state index in [0.717, 1.165) is 16.9 Å². The third-order valence-electron chi connectivity index (χ3n) is 5.56. The van der Waals surface area contributed by atoms with Gasteiger partial charge in [0.05, 0.1) is 35.6 Å². The molecule has 0 aliphatic rings. The van der Waals surface area contributed by atoms with Gasteiger partial charge in [0.15, 0.2) is 12.3 Å². The van der Waals surface area contributed by atoms with Crippen LogP contribution in [0.3, 0.4) is 0 Å². The van der Waals surface area contributed by atoms with E-state index in [2.05, 4.69) is 10.4 Å². The molecule has 3 heterocycles. The van der Waals surface area contributed by atoms with E-state index >= 15 is 0 Å². The van der Waals surface area contributed by atoms with E-state index in [4.69, 9.17) is 18.9 Å². The minimum atomic E-state index is -0.647. The topological polar surface area (TPSA) is 108 Å². The van der Waals surface area contributed by atoms with Crippen LogP contribution in [-0.2, 0) is 9.53 Å². The van der Waals surface area contributed by atoms with E-state index < -0.39 is 18.5 Å². The maximum atomic E-state index is 13.1. The van der Waals surface area contributed by atoms with Gasteiger partial charge in [-0.1, -0.05) is 6.07 Å². The minimum absolute atomic E-state index is 0.0291. The fourth-order valence-corrected chi connectivity index (χ4v) is 3.90. The van der Waals surface area contributed by atoms with Crippen molar-refractivity contribution in [3.8, 4) is 17.0 Å². The Morgan fingerprint density at radius 1 is 1.14 bits per heavy atom. The van der Waals surface area contributed by atoms with Gasteiger partial charge in [0.2, 0.25) is 0 Å². The molecule has 0 aliphatic heterocycles. The molecule has 0 unspecified atom stereocenters. The molecule has 0 aliphatic carbocycles. The molecule has 0 bridgehead atoms. The zero-order valence-corrected chi connectivity index (χ0v) is 20.6. The van der Waals surface area contributed by atoms with Crippen LogP contribution in [0.15, 0.2) is 40.9 Å². The number of benzene rings is 1. The van der Waals surface area contributed by atoms with Crippen LogP contribution in [0, 0.1) is 20.8 Å². The number of aryl methyl sites for hydroxylation is 3. The second-order valence-electron chi connectivity index (χ2n) is 8.63. The molecule has 9 nitrogen and oxygen atoms in total. The van der Waals surface area contributed by atoms with Crippen LogP contribution in [-0.4, -0.2) is 40.4 Å². The Bertz CT molecular complexity index is 1420. The van der Waals surface area contributed by atoms with Gasteiger partial charge in [-0.3, -0.25) is 4.79 Å². The molecule has 0 spiro atoms. The Hall–Kier alpha value is -4.14. The lowest BCUT2D eigenvalue weighted by Gasteiger charge is -2.12. The highest BCUT2D eigenvalue weighted by molar-refractivity contribution is 6.05. The van der Waals surface area contributed by atoms with Crippen LogP contribution in [0.1, 0.15) is 47.3 Å². The van der Waals surface area contributed by atoms with Crippen molar-refractivity contribution in [2.24, 2.45) is 0 Å². The molecule has 1 N–H and O–H groups in total. The van der Waals surface area contributed by atoms with Crippen LogP contribution < -0.4 is 10.1 Å². The summed E-state index contributed by atoms with van der Waals surface area (Å²) < 4.78 is 18.1. The van der Waals surface area contributed by atoms with E-state index in [1.165, 1.54) is 7.11 Å². The lowest BCUT2D eigenvalue weighted by Crippen LogP contribution is -2.21. The van der Waals surface area contributed by atoms with Gasteiger partial charge in [0.25, 0.3) is 5.91 Å². The van der Waals surface area contributed by atoms with Crippen LogP contribution in [0.5, 0.6) is 5.75 Å². The fraction of sp³-hybridized carbons (Fsp3) is 0.308. The quantitative estimate of drug-likeness (QED) is 0.374. The minimum Gasteiger partial charge on any atom is -0.495 e. The third-order valence-corrected chi connectivity index (χ3v) is 5.56. The molecule has 4 rings (SSSR count). The third kappa shape index (κ3) is 4.89. The second-order valence-corrected chi connectivity index (χ2v) is 8.63. The number of aromatic nitrogens is 3. The molecular weight excluding hydrogens is 448 g/mol. The normalized spacial score (nSPS) is 11.2. The van der Waals surface area contributed by atoms with Gasteiger partial charge in [-0.25, -0.2) is 14.5 Å². The Morgan fingerprint density at radius 3 is 2.57 bits per heavy atom. The summed E-state index contributed by atoms with van der Waals surface area (Å²) in [6.45, 7) is 9.10. The molecule has 0 radical (unpaired) electrons. The molecule has 0 fully saturated rings. The summed E-state index contributed by atoms with van der Waals surface area (Å²) in [6, 6.07) is 8.97. The van der Waals surface area contributed by atoms with Gasteiger partial charge in [-0.05, 0) is 64.4 Å². The number of pyridine rings is 1. The second kappa shape index (κ2) is 9.61. The number of nitrogens with one attached hydrogen (secondary N) is 1. The summed E-state index contributed by atoms with van der Waals surface area (Å²) in [5.41, 5.74) is 3.63. The van der Waals surface area contributed by atoms with Crippen molar-refractivity contribution in [2.75, 3.05) is 19.0 Å². The predicted octanol–water partition coefficient (Wildman–Crippen LogP) is 5.00. The summed E-state index contributed by atoms with van der Waals surface area (Å²) >= 11 is 0. The van der Waals surface area contributed by atoms with Gasteiger partial charge in [-0.15, -0.1) is 0 Å². The number of ether oxygens (including phenoxy) is 2. The first-order chi connectivity index (χ1) is 16.7. The number of anilines is 1. The number of carbonyl (C=O) groups is 2. The van der Waals surface area contributed by atoms with Gasteiger partial charge in [-0.2, -0.15) is 5.10 Å². The molecular formula is C26H28N4O5. The Balaban J connectivity index is 1.62. The maximum Gasteiger partial charge on any atom is 0.339 e. The van der Waals surface area contributed by atoms with Gasteiger partial charge in [0, 0.05) is 11.6 Å². The zero-order chi connectivity index (χ0) is 25.3. The van der Waals surface area contributed by atoms with Crippen molar-refractivity contribution in [1.82, 2.24) is 14.8 Å². The Kier molecular flexibility index (Phi) is 6.59. The van der Waals surface area contributed by atoms with Crippen LogP contribution >= 0.6 is 0 Å². The number of furan rings is 1. The molecule has 0 saturated carbocycles. The maximum absolute atomic E-state index is 13.1. The number of rotatable bonds is 7. The zero-order valence-electron chi connectivity index (χ0n) is 20.6. The number of nitrogens with zero attached hydrogens (tertiary/aromatic N) is 3. The summed E-state index contributed by atoms with van der Waals surface area (Å²) in [4.78, 5) is 30.4. The van der Waals surface area contributed by atoms with E-state index in [1.807, 2.05) is 46.8 Å². The number of hydrogen-bond acceptors (Lipinski definition) is 7. The number of amides is 1. The first kappa shape index (κ1) is 24.0. The summed E-state index contributed by atoms with van der Waals surface area (Å²) in [6.07, 6.45) is 1.59. The van der Waals surface area contributed by atoms with Gasteiger partial charge >= 0.3 is 5.97 Å². The monoisotopic (exact) mass is 476 g/mol. The fourth-order valence-electron chi connectivity index (χ4n) is 3.90. The Morgan fingerprint density at radius 2 is 1.91 bits per heavy atom. The summed E-state index contributed by atoms with van der Waals surface area (Å²) in [7, 11) is 1.52. The smallest absolute Gasteiger partial charge is 0.339 e. The Labute approximate surface area is 203 Å². The van der Waals surface area contributed by atoms with Crippen LogP contribution in [0.4, 0.5) is 5.69 Å². The highest BCUT2D eigenvalue weighted by Crippen LogP contribution is 2.30. The number of methoxy groups -OCH3 is 1. The predicted molar refractivity (Wildman–Crippen MR) is 132 cm³/mol.